The van der Waals surface area contributed by atoms with Crippen molar-refractivity contribution in [1.29, 1.82) is 0 Å². The number of carbonyl (C=O) groups excluding carboxylic acids is 2. The third kappa shape index (κ3) is 9.38. The average Bonchev–Trinajstić information content (AvgIpc) is 3.84. The number of carbonyl (C=O) groups is 2. The molecule has 0 spiro atoms. The van der Waals surface area contributed by atoms with E-state index in [-0.39, 0.29) is 42.5 Å². The maximum Gasteiger partial charge on any atom is 0.411 e. The lowest BCUT2D eigenvalue weighted by atomic mass is 9.90. The van der Waals surface area contributed by atoms with Crippen molar-refractivity contribution in [1.82, 2.24) is 39.6 Å². The summed E-state index contributed by atoms with van der Waals surface area (Å²) in [6.07, 6.45) is -1.11. The monoisotopic (exact) mass is 786 g/mol. The van der Waals surface area contributed by atoms with Gasteiger partial charge >= 0.3 is 6.18 Å². The molecule has 1 fully saturated rings. The van der Waals surface area contributed by atoms with Crippen LogP contribution in [-0.4, -0.2) is 111 Å². The lowest BCUT2D eigenvalue weighted by Crippen LogP contribution is -2.39. The molecule has 1 saturated heterocycles. The molecule has 3 heterocycles. The number of likely N-dealkylation sites (tertiary alicyclic amines) is 1. The predicted octanol–water partition coefficient (Wildman–Crippen LogP) is 6.75. The Balaban J connectivity index is 1.11. The standard InChI is InChI=1S/C37H39Cl2F3N8O4/c1-47(36(52)28-20-27(8-10-33(28)53-2)50-23-43-45-46-50)21-26(25-7-9-29(38)30(39)19-25)13-16-48-14-11-24(12-15-48)34(51)35-44-31-5-3-4-6-32(31)49(35)17-18-54-22-37(40,41)42/h3-10,19-20,23-24,26H,11-18,21-22H2,1-2H3. The van der Waals surface area contributed by atoms with Crippen molar-refractivity contribution < 1.29 is 32.2 Å². The number of benzene rings is 3. The van der Waals surface area contributed by atoms with E-state index in [9.17, 15) is 22.8 Å². The Bertz CT molecular complexity index is 2070. The second-order valence-electron chi connectivity index (χ2n) is 13.2. The smallest absolute Gasteiger partial charge is 0.411 e. The van der Waals surface area contributed by atoms with Crippen LogP contribution in [0.4, 0.5) is 13.2 Å². The minimum atomic E-state index is -4.43. The molecule has 6 rings (SSSR count). The van der Waals surface area contributed by atoms with Gasteiger partial charge in [-0.2, -0.15) is 13.2 Å². The molecule has 0 aliphatic carbocycles. The molecule has 286 valence electrons. The van der Waals surface area contributed by atoms with Crippen molar-refractivity contribution >= 4 is 45.9 Å². The van der Waals surface area contributed by atoms with Crippen molar-refractivity contribution in [2.24, 2.45) is 5.92 Å². The lowest BCUT2D eigenvalue weighted by molar-refractivity contribution is -0.174. The quantitative estimate of drug-likeness (QED) is 0.0839. The second-order valence-corrected chi connectivity index (χ2v) is 14.0. The summed E-state index contributed by atoms with van der Waals surface area (Å²) in [5.41, 5.74) is 3.16. The molecule has 2 aromatic heterocycles. The fourth-order valence-electron chi connectivity index (χ4n) is 6.81. The summed E-state index contributed by atoms with van der Waals surface area (Å²) >= 11 is 12.7. The maximum absolute atomic E-state index is 13.9. The molecular formula is C37H39Cl2F3N8O4. The molecule has 12 nitrogen and oxygen atoms in total. The van der Waals surface area contributed by atoms with E-state index in [0.717, 1.165) is 5.56 Å². The van der Waals surface area contributed by atoms with Crippen LogP contribution in [0.15, 0.2) is 67.0 Å². The van der Waals surface area contributed by atoms with Gasteiger partial charge in [0, 0.05) is 32.0 Å². The number of aromatic nitrogens is 6. The number of amides is 1. The van der Waals surface area contributed by atoms with Crippen LogP contribution in [0.2, 0.25) is 10.0 Å². The van der Waals surface area contributed by atoms with E-state index < -0.39 is 12.8 Å². The first kappa shape index (κ1) is 39.1. The number of Topliss-reactive ketones (excluding diaryl/α,β-unsaturated/α-hetero) is 1. The van der Waals surface area contributed by atoms with E-state index in [1.807, 2.05) is 12.1 Å². The van der Waals surface area contributed by atoms with Gasteiger partial charge in [-0.25, -0.2) is 9.67 Å². The van der Waals surface area contributed by atoms with Crippen LogP contribution >= 0.6 is 23.2 Å². The number of ether oxygens (including phenoxy) is 2. The Morgan fingerprint density at radius 1 is 1.02 bits per heavy atom. The number of methoxy groups -OCH3 is 1. The van der Waals surface area contributed by atoms with Gasteiger partial charge in [-0.15, -0.1) is 5.10 Å². The van der Waals surface area contributed by atoms with Crippen LogP contribution in [0.25, 0.3) is 16.7 Å². The number of alkyl halides is 3. The number of hydrogen-bond acceptors (Lipinski definition) is 9. The van der Waals surface area contributed by atoms with Crippen molar-refractivity contribution in [3.8, 4) is 11.4 Å². The number of tetrazole rings is 1. The van der Waals surface area contributed by atoms with Gasteiger partial charge in [0.25, 0.3) is 5.91 Å². The first-order chi connectivity index (χ1) is 25.9. The maximum atomic E-state index is 13.9. The van der Waals surface area contributed by atoms with Gasteiger partial charge in [0.1, 0.15) is 18.7 Å². The molecule has 5 aromatic rings. The molecule has 1 unspecified atom stereocenters. The van der Waals surface area contributed by atoms with E-state index in [1.165, 1.54) is 18.1 Å². The second kappa shape index (κ2) is 17.3. The molecule has 1 aliphatic rings. The Hall–Kier alpha value is -4.57. The van der Waals surface area contributed by atoms with Crippen LogP contribution in [0.3, 0.4) is 0 Å². The zero-order valence-electron chi connectivity index (χ0n) is 29.7. The zero-order chi connectivity index (χ0) is 38.4. The van der Waals surface area contributed by atoms with Crippen molar-refractivity contribution in [3.63, 3.8) is 0 Å². The van der Waals surface area contributed by atoms with Gasteiger partial charge in [-0.1, -0.05) is 41.4 Å². The minimum absolute atomic E-state index is 0.0705. The van der Waals surface area contributed by atoms with Gasteiger partial charge in [0.15, 0.2) is 5.82 Å². The third-order valence-corrected chi connectivity index (χ3v) is 10.4. The Morgan fingerprint density at radius 3 is 2.50 bits per heavy atom. The largest absolute Gasteiger partial charge is 0.496 e. The normalized spacial score (nSPS) is 14.7. The summed E-state index contributed by atoms with van der Waals surface area (Å²) in [6, 6.07) is 17.8. The minimum Gasteiger partial charge on any atom is -0.496 e. The molecule has 17 heteroatoms. The topological polar surface area (TPSA) is 120 Å². The average molecular weight is 788 g/mol. The predicted molar refractivity (Wildman–Crippen MR) is 197 cm³/mol. The molecule has 3 aromatic carbocycles. The van der Waals surface area contributed by atoms with E-state index in [0.29, 0.717) is 83.5 Å². The zero-order valence-corrected chi connectivity index (χ0v) is 31.2. The molecule has 0 bridgehead atoms. The van der Waals surface area contributed by atoms with Crippen molar-refractivity contribution in [3.05, 3.63) is 94.0 Å². The van der Waals surface area contributed by atoms with Crippen LogP contribution in [0, 0.1) is 5.92 Å². The molecule has 54 heavy (non-hydrogen) atoms. The van der Waals surface area contributed by atoms with Crippen molar-refractivity contribution in [2.75, 3.05) is 53.6 Å². The highest BCUT2D eigenvalue weighted by molar-refractivity contribution is 6.42. The van der Waals surface area contributed by atoms with E-state index in [4.69, 9.17) is 32.7 Å². The number of para-hydroxylation sites is 2. The summed E-state index contributed by atoms with van der Waals surface area (Å²) in [6.45, 7) is 0.894. The molecule has 0 N–H and O–H groups in total. The number of imidazole rings is 1. The highest BCUT2D eigenvalue weighted by atomic mass is 35.5. The lowest BCUT2D eigenvalue weighted by Gasteiger charge is -2.33. The number of rotatable bonds is 15. The summed E-state index contributed by atoms with van der Waals surface area (Å²) in [5, 5.41) is 12.1. The fraction of sp³-hybridized carbons (Fsp3) is 0.405. The number of fused-ring (bicyclic) bond motifs is 1. The number of likely N-dealkylation sites (N-methyl/N-ethyl adjacent to an activating group) is 1. The highest BCUT2D eigenvalue weighted by Crippen LogP contribution is 2.31. The number of halogens is 5. The van der Waals surface area contributed by atoms with Gasteiger partial charge in [0.05, 0.1) is 46.0 Å². The number of nitrogens with zero attached hydrogens (tertiary/aromatic N) is 8. The Labute approximate surface area is 319 Å². The molecule has 0 radical (unpaired) electrons. The van der Waals surface area contributed by atoms with Crippen LogP contribution in [0.5, 0.6) is 5.75 Å². The van der Waals surface area contributed by atoms with Crippen LogP contribution in [-0.2, 0) is 11.3 Å². The van der Waals surface area contributed by atoms with Crippen LogP contribution in [0.1, 0.15) is 51.7 Å². The molecule has 0 saturated carbocycles. The number of hydrogen-bond donors (Lipinski definition) is 0. The van der Waals surface area contributed by atoms with Gasteiger partial charge < -0.3 is 23.8 Å². The first-order valence-corrected chi connectivity index (χ1v) is 18.2. The van der Waals surface area contributed by atoms with Gasteiger partial charge in [-0.05, 0) is 97.4 Å². The van der Waals surface area contributed by atoms with Gasteiger partial charge in [0.2, 0.25) is 5.78 Å². The van der Waals surface area contributed by atoms with Crippen molar-refractivity contribution in [2.45, 2.75) is 37.9 Å². The van der Waals surface area contributed by atoms with Crippen LogP contribution < -0.4 is 4.74 Å². The number of piperidine rings is 1. The Kier molecular flexibility index (Phi) is 12.5. The molecule has 1 atom stereocenters. The molecule has 1 aliphatic heterocycles. The van der Waals surface area contributed by atoms with E-state index >= 15 is 0 Å². The van der Waals surface area contributed by atoms with E-state index in [2.05, 4.69) is 25.4 Å². The summed E-state index contributed by atoms with van der Waals surface area (Å²) in [5.74, 6) is -0.128. The summed E-state index contributed by atoms with van der Waals surface area (Å²) < 4.78 is 51.5. The highest BCUT2D eigenvalue weighted by Gasteiger charge is 2.31. The first-order valence-electron chi connectivity index (χ1n) is 17.4. The fourth-order valence-corrected chi connectivity index (χ4v) is 7.11. The molecule has 1 amide bonds. The van der Waals surface area contributed by atoms with E-state index in [1.54, 1.807) is 65.0 Å². The third-order valence-electron chi connectivity index (χ3n) is 9.64. The summed E-state index contributed by atoms with van der Waals surface area (Å²) in [4.78, 5) is 36.3. The SMILES string of the molecule is COc1ccc(-n2cnnn2)cc1C(=O)N(C)CC(CCN1CCC(C(=O)c2nc3ccccc3n2CCOCC(F)(F)F)CC1)c1ccc(Cl)c(Cl)c1. The summed E-state index contributed by atoms with van der Waals surface area (Å²) in [7, 11) is 3.24. The Morgan fingerprint density at radius 2 is 1.80 bits per heavy atom. The van der Waals surface area contributed by atoms with Gasteiger partial charge in [-0.3, -0.25) is 9.59 Å². The number of ketones is 1. The molecular weight excluding hydrogens is 748 g/mol.